The third-order valence-electron chi connectivity index (χ3n) is 4.05. The second-order valence-electron chi connectivity index (χ2n) is 9.20. The van der Waals surface area contributed by atoms with Crippen LogP contribution in [-0.4, -0.2) is 38.3 Å². The summed E-state index contributed by atoms with van der Waals surface area (Å²) < 4.78 is 12.4. The minimum Gasteiger partial charge on any atom is -0.458 e. The number of aromatic nitrogens is 3. The van der Waals surface area contributed by atoms with Gasteiger partial charge in [0.2, 0.25) is 0 Å². The molecule has 2 rings (SSSR count). The highest BCUT2D eigenvalue weighted by atomic mass is 16.6. The number of esters is 1. The summed E-state index contributed by atoms with van der Waals surface area (Å²) in [5.74, 6) is -0.426. The Hall–Kier alpha value is -2.90. The summed E-state index contributed by atoms with van der Waals surface area (Å²) in [4.78, 5) is 25.1. The molecule has 8 nitrogen and oxygen atoms in total. The predicted octanol–water partition coefficient (Wildman–Crippen LogP) is 3.99. The van der Waals surface area contributed by atoms with E-state index in [9.17, 15) is 9.59 Å². The molecule has 2 atom stereocenters. The van der Waals surface area contributed by atoms with Crippen molar-refractivity contribution in [1.82, 2.24) is 20.3 Å². The molecule has 1 aromatic carbocycles. The first-order valence-electron chi connectivity index (χ1n) is 10.0. The Morgan fingerprint density at radius 1 is 1.03 bits per heavy atom. The van der Waals surface area contributed by atoms with Crippen molar-refractivity contribution in [3.8, 4) is 0 Å². The largest absolute Gasteiger partial charge is 0.458 e. The van der Waals surface area contributed by atoms with E-state index in [0.717, 1.165) is 5.56 Å². The smallest absolute Gasteiger partial charge is 0.408 e. The lowest BCUT2D eigenvalue weighted by atomic mass is 10.0. The Balaban J connectivity index is 2.31. The number of amides is 1. The molecule has 1 heterocycles. The minimum atomic E-state index is -0.708. The molecule has 1 amide bonds. The number of hydrogen-bond donors (Lipinski definition) is 1. The molecule has 164 valence electrons. The van der Waals surface area contributed by atoms with E-state index in [1.807, 2.05) is 51.1 Å². The number of carbonyl (C=O) groups excluding carboxylic acids is 2. The van der Waals surface area contributed by atoms with Crippen LogP contribution in [0.4, 0.5) is 4.79 Å². The van der Waals surface area contributed by atoms with Crippen LogP contribution in [0.3, 0.4) is 0 Å². The summed E-state index contributed by atoms with van der Waals surface area (Å²) in [6.07, 6.45) is 1.47. The quantitative estimate of drug-likeness (QED) is 0.716. The Bertz CT molecular complexity index is 850. The van der Waals surface area contributed by atoms with Gasteiger partial charge in [0.05, 0.1) is 17.9 Å². The van der Waals surface area contributed by atoms with Crippen LogP contribution in [0.2, 0.25) is 0 Å². The Morgan fingerprint density at radius 2 is 1.63 bits per heavy atom. The van der Waals surface area contributed by atoms with Gasteiger partial charge in [-0.1, -0.05) is 35.5 Å². The molecule has 0 aliphatic carbocycles. The minimum absolute atomic E-state index is 0.426. The van der Waals surface area contributed by atoms with Gasteiger partial charge in [-0.15, -0.1) is 5.10 Å². The van der Waals surface area contributed by atoms with Crippen molar-refractivity contribution in [3.63, 3.8) is 0 Å². The number of nitrogens with one attached hydrogen (secondary N) is 1. The lowest BCUT2D eigenvalue weighted by Gasteiger charge is -2.26. The standard InChI is InChI=1S/C22H32N4O4/c1-15(19(27)29-21(2,3)4)26-18(14-23-25-26)17(13-16-11-9-8-10-12-16)24-20(28)30-22(5,6)7/h8-12,14-15,17H,13H2,1-7H3,(H,24,28)/t15-,17-/m0/s1. The molecule has 30 heavy (non-hydrogen) atoms. The van der Waals surface area contributed by atoms with E-state index in [-0.39, 0.29) is 0 Å². The summed E-state index contributed by atoms with van der Waals surface area (Å²) in [5.41, 5.74) is 0.341. The van der Waals surface area contributed by atoms with E-state index in [4.69, 9.17) is 9.47 Å². The maximum Gasteiger partial charge on any atom is 0.408 e. The molecule has 1 aromatic heterocycles. The van der Waals surface area contributed by atoms with Crippen molar-refractivity contribution in [2.45, 2.75) is 78.2 Å². The Morgan fingerprint density at radius 3 is 2.20 bits per heavy atom. The fourth-order valence-electron chi connectivity index (χ4n) is 2.82. The zero-order valence-electron chi connectivity index (χ0n) is 18.8. The molecule has 8 heteroatoms. The van der Waals surface area contributed by atoms with Crippen molar-refractivity contribution in [2.24, 2.45) is 0 Å². The molecule has 0 spiro atoms. The van der Waals surface area contributed by atoms with Crippen molar-refractivity contribution in [3.05, 3.63) is 47.8 Å². The van der Waals surface area contributed by atoms with Gasteiger partial charge in [-0.25, -0.2) is 14.3 Å². The van der Waals surface area contributed by atoms with Gasteiger partial charge in [0.25, 0.3) is 0 Å². The second kappa shape index (κ2) is 9.28. The van der Waals surface area contributed by atoms with Crippen molar-refractivity contribution < 1.29 is 19.1 Å². The van der Waals surface area contributed by atoms with E-state index in [1.54, 1.807) is 33.9 Å². The van der Waals surface area contributed by atoms with Gasteiger partial charge in [0.1, 0.15) is 17.2 Å². The molecular weight excluding hydrogens is 384 g/mol. The number of rotatable bonds is 6. The summed E-state index contributed by atoms with van der Waals surface area (Å²) in [6.45, 7) is 12.5. The number of hydrogen-bond acceptors (Lipinski definition) is 6. The third kappa shape index (κ3) is 7.17. The lowest BCUT2D eigenvalue weighted by Crippen LogP contribution is -2.37. The van der Waals surface area contributed by atoms with Gasteiger partial charge < -0.3 is 14.8 Å². The molecule has 0 fully saturated rings. The number of ether oxygens (including phenoxy) is 2. The first kappa shape index (κ1) is 23.4. The van der Waals surface area contributed by atoms with Gasteiger partial charge in [0, 0.05) is 0 Å². The maximum absolute atomic E-state index is 12.6. The van der Waals surface area contributed by atoms with Gasteiger partial charge in [0.15, 0.2) is 0 Å². The van der Waals surface area contributed by atoms with E-state index in [1.165, 1.54) is 4.68 Å². The van der Waals surface area contributed by atoms with Crippen LogP contribution in [0.25, 0.3) is 0 Å². The normalized spacial score (nSPS) is 14.0. The fourth-order valence-corrected chi connectivity index (χ4v) is 2.82. The molecule has 2 aromatic rings. The van der Waals surface area contributed by atoms with Crippen LogP contribution in [0.5, 0.6) is 0 Å². The van der Waals surface area contributed by atoms with E-state index >= 15 is 0 Å². The SMILES string of the molecule is C[C@@H](C(=O)OC(C)(C)C)n1nncc1[C@H](Cc1ccccc1)NC(=O)OC(C)(C)C. The predicted molar refractivity (Wildman–Crippen MR) is 113 cm³/mol. The van der Waals surface area contributed by atoms with Crippen LogP contribution in [0.1, 0.15) is 71.8 Å². The molecule has 0 radical (unpaired) electrons. The van der Waals surface area contributed by atoms with Gasteiger partial charge in [-0.3, -0.25) is 0 Å². The van der Waals surface area contributed by atoms with Crippen molar-refractivity contribution in [1.29, 1.82) is 0 Å². The van der Waals surface area contributed by atoms with Crippen LogP contribution >= 0.6 is 0 Å². The summed E-state index contributed by atoms with van der Waals surface area (Å²) >= 11 is 0. The van der Waals surface area contributed by atoms with Crippen molar-refractivity contribution in [2.75, 3.05) is 0 Å². The van der Waals surface area contributed by atoms with Crippen LogP contribution in [0, 0.1) is 0 Å². The highest BCUT2D eigenvalue weighted by molar-refractivity contribution is 5.74. The van der Waals surface area contributed by atoms with Gasteiger partial charge >= 0.3 is 12.1 Å². The first-order chi connectivity index (χ1) is 13.9. The lowest BCUT2D eigenvalue weighted by molar-refractivity contribution is -0.158. The first-order valence-corrected chi connectivity index (χ1v) is 10.0. The van der Waals surface area contributed by atoms with Crippen molar-refractivity contribution >= 4 is 12.1 Å². The molecule has 0 unspecified atom stereocenters. The topological polar surface area (TPSA) is 95.3 Å². The monoisotopic (exact) mass is 416 g/mol. The Labute approximate surface area is 177 Å². The summed E-state index contributed by atoms with van der Waals surface area (Å²) in [6, 6.07) is 8.51. The van der Waals surface area contributed by atoms with E-state index < -0.39 is 35.3 Å². The maximum atomic E-state index is 12.6. The molecule has 0 bridgehead atoms. The highest BCUT2D eigenvalue weighted by Gasteiger charge is 2.29. The third-order valence-corrected chi connectivity index (χ3v) is 4.05. The number of alkyl carbamates (subject to hydrolysis) is 1. The second-order valence-corrected chi connectivity index (χ2v) is 9.20. The molecular formula is C22H32N4O4. The van der Waals surface area contributed by atoms with Crippen LogP contribution < -0.4 is 5.32 Å². The fraction of sp³-hybridized carbons (Fsp3) is 0.545. The van der Waals surface area contributed by atoms with Crippen LogP contribution in [-0.2, 0) is 20.7 Å². The molecule has 0 saturated carbocycles. The molecule has 0 aliphatic rings. The zero-order valence-corrected chi connectivity index (χ0v) is 18.8. The van der Waals surface area contributed by atoms with E-state index in [2.05, 4.69) is 15.6 Å². The van der Waals surface area contributed by atoms with Crippen LogP contribution in [0.15, 0.2) is 36.5 Å². The average Bonchev–Trinajstić information content (AvgIpc) is 3.07. The molecule has 1 N–H and O–H groups in total. The molecule has 0 aliphatic heterocycles. The highest BCUT2D eigenvalue weighted by Crippen LogP contribution is 2.23. The average molecular weight is 417 g/mol. The number of nitrogens with zero attached hydrogens (tertiary/aromatic N) is 3. The summed E-state index contributed by atoms with van der Waals surface area (Å²) in [5, 5.41) is 11.0. The number of benzene rings is 1. The summed E-state index contributed by atoms with van der Waals surface area (Å²) in [7, 11) is 0. The zero-order chi connectivity index (χ0) is 22.5. The Kier molecular flexibility index (Phi) is 7.23. The molecule has 0 saturated heterocycles. The van der Waals surface area contributed by atoms with Gasteiger partial charge in [-0.05, 0) is 60.5 Å². The van der Waals surface area contributed by atoms with E-state index in [0.29, 0.717) is 12.1 Å². The van der Waals surface area contributed by atoms with Gasteiger partial charge in [-0.2, -0.15) is 0 Å². The number of carbonyl (C=O) groups is 2.